The van der Waals surface area contributed by atoms with Crippen LogP contribution in [0.1, 0.15) is 5.56 Å². The van der Waals surface area contributed by atoms with Crippen LogP contribution in [0.15, 0.2) is 54.6 Å². The van der Waals surface area contributed by atoms with Crippen molar-refractivity contribution in [3.8, 4) is 11.1 Å². The van der Waals surface area contributed by atoms with Crippen LogP contribution in [-0.2, 0) is 15.8 Å². The summed E-state index contributed by atoms with van der Waals surface area (Å²) in [5.74, 6) is -1.15. The Bertz CT molecular complexity index is 713. The lowest BCUT2D eigenvalue weighted by atomic mass is 9.95. The lowest BCUT2D eigenvalue weighted by molar-refractivity contribution is -0.139. The van der Waals surface area contributed by atoms with Crippen molar-refractivity contribution < 1.29 is 24.3 Å². The average Bonchev–Trinajstić information content (AvgIpc) is 2.51. The Morgan fingerprint density at radius 1 is 1.04 bits per heavy atom. The highest BCUT2D eigenvalue weighted by Crippen LogP contribution is 2.32. The smallest absolute Gasteiger partial charge is 0.339 e. The third kappa shape index (κ3) is 5.30. The summed E-state index contributed by atoms with van der Waals surface area (Å²) < 4.78 is 10.9. The highest BCUT2D eigenvalue weighted by atomic mass is 31.2. The average molecular weight is 335 g/mol. The Hall–Kier alpha value is -1.98. The number of carboxylic acid groups (broad SMARTS) is 1. The third-order valence-corrected chi connectivity index (χ3v) is 3.96. The van der Waals surface area contributed by atoms with Crippen molar-refractivity contribution in [3.05, 3.63) is 60.2 Å². The van der Waals surface area contributed by atoms with Crippen LogP contribution in [0.25, 0.3) is 11.1 Å². The van der Waals surface area contributed by atoms with Crippen LogP contribution in [0.3, 0.4) is 0 Å². The number of aliphatic carboxylic acids is 1. The van der Waals surface area contributed by atoms with Crippen LogP contribution in [0, 0.1) is 0 Å². The molecule has 0 aliphatic carbocycles. The lowest BCUT2D eigenvalue weighted by Crippen LogP contribution is -2.39. The molecule has 2 aromatic rings. The molecule has 0 aromatic heterocycles. The van der Waals surface area contributed by atoms with Crippen LogP contribution in [-0.4, -0.2) is 33.2 Å². The van der Waals surface area contributed by atoms with E-state index < -0.39 is 25.9 Å². The van der Waals surface area contributed by atoms with Crippen molar-refractivity contribution in [3.63, 3.8) is 0 Å². The van der Waals surface area contributed by atoms with Gasteiger partial charge in [-0.25, -0.2) is 0 Å². The van der Waals surface area contributed by atoms with Crippen LogP contribution in [0.2, 0.25) is 0 Å². The zero-order valence-corrected chi connectivity index (χ0v) is 13.2. The van der Waals surface area contributed by atoms with Crippen molar-refractivity contribution in [1.82, 2.24) is 5.32 Å². The molecule has 0 aliphatic heterocycles. The molecule has 1 unspecified atom stereocenters. The molecule has 0 heterocycles. The van der Waals surface area contributed by atoms with Gasteiger partial charge in [0.25, 0.3) is 0 Å². The Labute approximate surface area is 134 Å². The molecule has 0 saturated carbocycles. The lowest BCUT2D eigenvalue weighted by Gasteiger charge is -2.17. The van der Waals surface area contributed by atoms with Gasteiger partial charge in [-0.3, -0.25) is 14.7 Å². The molecular weight excluding hydrogens is 317 g/mol. The first-order valence-electron chi connectivity index (χ1n) is 7.01. The van der Waals surface area contributed by atoms with Gasteiger partial charge in [0.1, 0.15) is 6.04 Å². The molecule has 7 heteroatoms. The summed E-state index contributed by atoms with van der Waals surface area (Å²) in [6.45, 7) is 0. The van der Waals surface area contributed by atoms with Gasteiger partial charge in [-0.05, 0) is 23.1 Å². The van der Waals surface area contributed by atoms with Gasteiger partial charge >= 0.3 is 13.6 Å². The second kappa shape index (κ2) is 7.53. The Morgan fingerprint density at radius 2 is 1.65 bits per heavy atom. The van der Waals surface area contributed by atoms with Gasteiger partial charge in [0, 0.05) is 0 Å². The van der Waals surface area contributed by atoms with Gasteiger partial charge in [-0.1, -0.05) is 54.6 Å². The number of nitrogens with one attached hydrogen (secondary N) is 1. The standard InChI is InChI=1S/C16H18NO5P/c18-16(19)15(17-11-23(20,21)22)10-13-8-4-5-9-14(13)12-6-2-1-3-7-12/h1-9,15,17H,10-11H2,(H,18,19)(H2,20,21,22). The first-order valence-corrected chi connectivity index (χ1v) is 8.80. The minimum atomic E-state index is -4.31. The maximum atomic E-state index is 11.4. The number of hydrogen-bond acceptors (Lipinski definition) is 3. The summed E-state index contributed by atoms with van der Waals surface area (Å²) in [7, 11) is -4.31. The summed E-state index contributed by atoms with van der Waals surface area (Å²) >= 11 is 0. The number of benzene rings is 2. The minimum absolute atomic E-state index is 0.125. The van der Waals surface area contributed by atoms with Crippen molar-refractivity contribution >= 4 is 13.6 Å². The first kappa shape index (κ1) is 17.4. The molecule has 0 aliphatic rings. The monoisotopic (exact) mass is 335 g/mol. The van der Waals surface area contributed by atoms with E-state index in [4.69, 9.17) is 9.79 Å². The second-order valence-corrected chi connectivity index (χ2v) is 6.79. The van der Waals surface area contributed by atoms with Gasteiger partial charge in [0.15, 0.2) is 0 Å². The molecule has 0 radical (unpaired) electrons. The summed E-state index contributed by atoms with van der Waals surface area (Å²) in [5.41, 5.74) is 2.66. The number of carbonyl (C=O) groups is 1. The van der Waals surface area contributed by atoms with Crippen LogP contribution in [0.5, 0.6) is 0 Å². The number of rotatable bonds is 7. The van der Waals surface area contributed by atoms with E-state index in [0.29, 0.717) is 0 Å². The molecule has 23 heavy (non-hydrogen) atoms. The van der Waals surface area contributed by atoms with Gasteiger partial charge in [0.2, 0.25) is 0 Å². The van der Waals surface area contributed by atoms with Crippen molar-refractivity contribution in [2.45, 2.75) is 12.5 Å². The van der Waals surface area contributed by atoms with E-state index >= 15 is 0 Å². The molecule has 2 aromatic carbocycles. The predicted octanol–water partition coefficient (Wildman–Crippen LogP) is 2.07. The summed E-state index contributed by atoms with van der Waals surface area (Å²) in [4.78, 5) is 29.2. The van der Waals surface area contributed by atoms with E-state index in [0.717, 1.165) is 16.7 Å². The van der Waals surface area contributed by atoms with Crippen LogP contribution < -0.4 is 5.32 Å². The van der Waals surface area contributed by atoms with Crippen LogP contribution >= 0.6 is 7.60 Å². The highest BCUT2D eigenvalue weighted by Gasteiger charge is 2.23. The zero-order chi connectivity index (χ0) is 16.9. The first-order chi connectivity index (χ1) is 10.9. The van der Waals surface area contributed by atoms with Crippen LogP contribution in [0.4, 0.5) is 0 Å². The maximum Gasteiger partial charge on any atom is 0.339 e. The summed E-state index contributed by atoms with van der Waals surface area (Å²) in [6.07, 6.45) is -0.544. The van der Waals surface area contributed by atoms with Crippen molar-refractivity contribution in [2.24, 2.45) is 0 Å². The van der Waals surface area contributed by atoms with E-state index in [9.17, 15) is 14.5 Å². The SMILES string of the molecule is O=C(O)C(Cc1ccccc1-c1ccccc1)NCP(=O)(O)O. The molecule has 1 atom stereocenters. The van der Waals surface area contributed by atoms with Crippen molar-refractivity contribution in [1.29, 1.82) is 0 Å². The molecule has 6 nitrogen and oxygen atoms in total. The quantitative estimate of drug-likeness (QED) is 0.577. The third-order valence-electron chi connectivity index (χ3n) is 3.37. The van der Waals surface area contributed by atoms with E-state index in [-0.39, 0.29) is 6.42 Å². The fraction of sp³-hybridized carbons (Fsp3) is 0.188. The fourth-order valence-electron chi connectivity index (χ4n) is 2.29. The molecule has 4 N–H and O–H groups in total. The minimum Gasteiger partial charge on any atom is -0.480 e. The molecule has 0 bridgehead atoms. The topological polar surface area (TPSA) is 107 Å². The molecule has 0 saturated heterocycles. The molecular formula is C16H18NO5P. The van der Waals surface area contributed by atoms with Gasteiger partial charge in [-0.15, -0.1) is 0 Å². The van der Waals surface area contributed by atoms with Gasteiger partial charge in [-0.2, -0.15) is 0 Å². The Morgan fingerprint density at radius 3 is 2.26 bits per heavy atom. The number of hydrogen-bond donors (Lipinski definition) is 4. The summed E-state index contributed by atoms with van der Waals surface area (Å²) in [6, 6.07) is 15.9. The second-order valence-electron chi connectivity index (χ2n) is 5.15. The van der Waals surface area contributed by atoms with E-state index in [2.05, 4.69) is 5.32 Å². The molecule has 0 spiro atoms. The fourth-order valence-corrected chi connectivity index (χ4v) is 2.75. The molecule has 2 rings (SSSR count). The van der Waals surface area contributed by atoms with Gasteiger partial charge in [0.05, 0.1) is 6.29 Å². The predicted molar refractivity (Wildman–Crippen MR) is 87.1 cm³/mol. The highest BCUT2D eigenvalue weighted by molar-refractivity contribution is 7.51. The Balaban J connectivity index is 2.24. The number of carboxylic acids is 1. The summed E-state index contributed by atoms with van der Waals surface area (Å²) in [5, 5.41) is 11.7. The normalized spacial score (nSPS) is 12.8. The maximum absolute atomic E-state index is 11.4. The Kier molecular flexibility index (Phi) is 5.69. The molecule has 0 fully saturated rings. The van der Waals surface area contributed by atoms with Gasteiger partial charge < -0.3 is 14.9 Å². The zero-order valence-electron chi connectivity index (χ0n) is 12.3. The largest absolute Gasteiger partial charge is 0.480 e. The molecule has 122 valence electrons. The van der Waals surface area contributed by atoms with E-state index in [1.165, 1.54) is 0 Å². The van der Waals surface area contributed by atoms with E-state index in [1.807, 2.05) is 54.6 Å². The molecule has 0 amide bonds. The van der Waals surface area contributed by atoms with Crippen molar-refractivity contribution in [2.75, 3.05) is 6.29 Å². The van der Waals surface area contributed by atoms with E-state index in [1.54, 1.807) is 0 Å².